The molecule has 1 aliphatic rings. The SMILES string of the molecule is CC(C)Sc1ccc(CC(=O)NC2CCN(c3nccs3)C2)cc1. The van der Waals surface area contributed by atoms with Gasteiger partial charge in [-0.05, 0) is 24.1 Å². The van der Waals surface area contributed by atoms with Crippen LogP contribution in [0.25, 0.3) is 0 Å². The number of thiazole rings is 1. The van der Waals surface area contributed by atoms with Crippen LogP contribution in [-0.2, 0) is 11.2 Å². The summed E-state index contributed by atoms with van der Waals surface area (Å²) < 4.78 is 0. The third-order valence-corrected chi connectivity index (χ3v) is 5.75. The Hall–Kier alpha value is -1.53. The summed E-state index contributed by atoms with van der Waals surface area (Å²) in [6, 6.07) is 8.54. The number of aromatic nitrogens is 1. The molecule has 2 aromatic rings. The molecular weight excluding hydrogens is 338 g/mol. The molecule has 1 atom stereocenters. The van der Waals surface area contributed by atoms with E-state index in [1.165, 1.54) is 4.90 Å². The zero-order valence-corrected chi connectivity index (χ0v) is 15.7. The Morgan fingerprint density at radius 2 is 2.21 bits per heavy atom. The van der Waals surface area contributed by atoms with Gasteiger partial charge in [0.25, 0.3) is 0 Å². The van der Waals surface area contributed by atoms with Crippen LogP contribution in [0.5, 0.6) is 0 Å². The van der Waals surface area contributed by atoms with E-state index in [9.17, 15) is 4.79 Å². The molecule has 1 N–H and O–H groups in total. The maximum atomic E-state index is 12.3. The fourth-order valence-electron chi connectivity index (χ4n) is 2.85. The second-order valence-electron chi connectivity index (χ2n) is 6.30. The molecule has 3 rings (SSSR count). The summed E-state index contributed by atoms with van der Waals surface area (Å²) in [6.45, 7) is 6.17. The Morgan fingerprint density at radius 3 is 2.88 bits per heavy atom. The third kappa shape index (κ3) is 4.74. The smallest absolute Gasteiger partial charge is 0.224 e. The van der Waals surface area contributed by atoms with Gasteiger partial charge in [0.05, 0.1) is 6.42 Å². The van der Waals surface area contributed by atoms with Crippen molar-refractivity contribution in [2.24, 2.45) is 0 Å². The molecule has 24 heavy (non-hydrogen) atoms. The lowest BCUT2D eigenvalue weighted by molar-refractivity contribution is -0.121. The second-order valence-corrected chi connectivity index (χ2v) is 8.82. The second kappa shape index (κ2) is 8.03. The van der Waals surface area contributed by atoms with Crippen LogP contribution in [0.4, 0.5) is 5.13 Å². The van der Waals surface area contributed by atoms with Crippen LogP contribution in [0.1, 0.15) is 25.8 Å². The Bertz CT molecular complexity index is 655. The van der Waals surface area contributed by atoms with E-state index >= 15 is 0 Å². The zero-order valence-electron chi connectivity index (χ0n) is 14.1. The molecule has 1 aliphatic heterocycles. The molecule has 0 spiro atoms. The molecule has 1 aromatic carbocycles. The highest BCUT2D eigenvalue weighted by Crippen LogP contribution is 2.24. The summed E-state index contributed by atoms with van der Waals surface area (Å²) in [5.74, 6) is 0.102. The van der Waals surface area contributed by atoms with Gasteiger partial charge < -0.3 is 10.2 Å². The van der Waals surface area contributed by atoms with Crippen molar-refractivity contribution in [3.63, 3.8) is 0 Å². The van der Waals surface area contributed by atoms with Crippen molar-refractivity contribution in [3.05, 3.63) is 41.4 Å². The van der Waals surface area contributed by atoms with E-state index in [0.29, 0.717) is 11.7 Å². The summed E-state index contributed by atoms with van der Waals surface area (Å²) in [5.41, 5.74) is 1.07. The molecule has 1 amide bonds. The van der Waals surface area contributed by atoms with E-state index in [-0.39, 0.29) is 11.9 Å². The van der Waals surface area contributed by atoms with Crippen LogP contribution in [-0.4, -0.2) is 35.3 Å². The molecular formula is C18H23N3OS2. The zero-order chi connectivity index (χ0) is 16.9. The Balaban J connectivity index is 1.47. The Morgan fingerprint density at radius 1 is 1.42 bits per heavy atom. The summed E-state index contributed by atoms with van der Waals surface area (Å²) in [6.07, 6.45) is 3.25. The number of nitrogens with zero attached hydrogens (tertiary/aromatic N) is 2. The Kier molecular flexibility index (Phi) is 5.79. The molecule has 4 nitrogen and oxygen atoms in total. The molecule has 0 bridgehead atoms. The number of thioether (sulfide) groups is 1. The highest BCUT2D eigenvalue weighted by atomic mass is 32.2. The minimum Gasteiger partial charge on any atom is -0.351 e. The van der Waals surface area contributed by atoms with E-state index < -0.39 is 0 Å². The number of carbonyl (C=O) groups is 1. The van der Waals surface area contributed by atoms with Gasteiger partial charge in [0.15, 0.2) is 5.13 Å². The predicted octanol–water partition coefficient (Wildman–Crippen LogP) is 3.58. The lowest BCUT2D eigenvalue weighted by Gasteiger charge is -2.16. The van der Waals surface area contributed by atoms with Crippen molar-refractivity contribution < 1.29 is 4.79 Å². The normalized spacial score (nSPS) is 17.5. The minimum absolute atomic E-state index is 0.102. The number of amides is 1. The van der Waals surface area contributed by atoms with Crippen molar-refractivity contribution in [2.45, 2.75) is 42.9 Å². The van der Waals surface area contributed by atoms with Gasteiger partial charge in [0, 0.05) is 40.9 Å². The van der Waals surface area contributed by atoms with Crippen molar-refractivity contribution >= 4 is 34.1 Å². The maximum absolute atomic E-state index is 12.3. The number of hydrogen-bond acceptors (Lipinski definition) is 5. The molecule has 1 aromatic heterocycles. The molecule has 0 aliphatic carbocycles. The predicted molar refractivity (Wildman–Crippen MR) is 102 cm³/mol. The van der Waals surface area contributed by atoms with E-state index in [0.717, 1.165) is 30.2 Å². The van der Waals surface area contributed by atoms with E-state index in [1.807, 2.05) is 23.3 Å². The van der Waals surface area contributed by atoms with Crippen LogP contribution in [0.3, 0.4) is 0 Å². The molecule has 1 unspecified atom stereocenters. The Labute approximate surface area is 151 Å². The summed E-state index contributed by atoms with van der Waals surface area (Å²) in [5, 5.41) is 6.76. The van der Waals surface area contributed by atoms with E-state index in [4.69, 9.17) is 0 Å². The van der Waals surface area contributed by atoms with Gasteiger partial charge >= 0.3 is 0 Å². The standard InChI is InChI=1S/C18H23N3OS2/c1-13(2)24-16-5-3-14(4-6-16)11-17(22)20-15-7-9-21(12-15)18-19-8-10-23-18/h3-6,8,10,13,15H,7,9,11-12H2,1-2H3,(H,20,22). The van der Waals surface area contributed by atoms with Gasteiger partial charge in [-0.15, -0.1) is 23.1 Å². The lowest BCUT2D eigenvalue weighted by Crippen LogP contribution is -2.37. The summed E-state index contributed by atoms with van der Waals surface area (Å²) in [4.78, 5) is 20.1. The molecule has 6 heteroatoms. The number of nitrogens with one attached hydrogen (secondary N) is 1. The lowest BCUT2D eigenvalue weighted by atomic mass is 10.1. The molecule has 1 fully saturated rings. The molecule has 2 heterocycles. The van der Waals surface area contributed by atoms with Gasteiger partial charge in [-0.25, -0.2) is 4.98 Å². The first kappa shape index (κ1) is 17.3. The van der Waals surface area contributed by atoms with Gasteiger partial charge in [-0.3, -0.25) is 4.79 Å². The van der Waals surface area contributed by atoms with Crippen LogP contribution in [0.15, 0.2) is 40.7 Å². The van der Waals surface area contributed by atoms with Gasteiger partial charge in [0.1, 0.15) is 0 Å². The highest BCUT2D eigenvalue weighted by Gasteiger charge is 2.25. The van der Waals surface area contributed by atoms with Crippen molar-refractivity contribution in [1.29, 1.82) is 0 Å². The number of hydrogen-bond donors (Lipinski definition) is 1. The number of benzene rings is 1. The van der Waals surface area contributed by atoms with Crippen LogP contribution in [0, 0.1) is 0 Å². The van der Waals surface area contributed by atoms with Crippen molar-refractivity contribution in [1.82, 2.24) is 10.3 Å². The van der Waals surface area contributed by atoms with Crippen LogP contribution < -0.4 is 10.2 Å². The number of anilines is 1. The third-order valence-electron chi connectivity index (χ3n) is 3.90. The average molecular weight is 362 g/mol. The van der Waals surface area contributed by atoms with Gasteiger partial charge in [-0.2, -0.15) is 0 Å². The number of rotatable bonds is 6. The minimum atomic E-state index is 0.102. The molecule has 1 saturated heterocycles. The summed E-state index contributed by atoms with van der Waals surface area (Å²) >= 11 is 3.49. The fraction of sp³-hybridized carbons (Fsp3) is 0.444. The van der Waals surface area contributed by atoms with Gasteiger partial charge in [-0.1, -0.05) is 26.0 Å². The molecule has 128 valence electrons. The first-order chi connectivity index (χ1) is 11.6. The van der Waals surface area contributed by atoms with Crippen LogP contribution >= 0.6 is 23.1 Å². The first-order valence-electron chi connectivity index (χ1n) is 8.29. The summed E-state index contributed by atoms with van der Waals surface area (Å²) in [7, 11) is 0. The maximum Gasteiger partial charge on any atom is 0.224 e. The van der Waals surface area contributed by atoms with Crippen molar-refractivity contribution in [2.75, 3.05) is 18.0 Å². The topological polar surface area (TPSA) is 45.2 Å². The fourth-order valence-corrected chi connectivity index (χ4v) is 4.36. The van der Waals surface area contributed by atoms with Crippen molar-refractivity contribution in [3.8, 4) is 0 Å². The van der Waals surface area contributed by atoms with E-state index in [2.05, 4.69) is 53.3 Å². The highest BCUT2D eigenvalue weighted by molar-refractivity contribution is 7.99. The monoisotopic (exact) mass is 361 g/mol. The largest absolute Gasteiger partial charge is 0.351 e. The molecule has 0 saturated carbocycles. The van der Waals surface area contributed by atoms with E-state index in [1.54, 1.807) is 11.3 Å². The molecule has 0 radical (unpaired) electrons. The first-order valence-corrected chi connectivity index (χ1v) is 10.1. The number of carbonyl (C=O) groups excluding carboxylic acids is 1. The quantitative estimate of drug-likeness (QED) is 0.799. The van der Waals surface area contributed by atoms with Crippen LogP contribution in [0.2, 0.25) is 0 Å². The van der Waals surface area contributed by atoms with Gasteiger partial charge in [0.2, 0.25) is 5.91 Å². The average Bonchev–Trinajstić information content (AvgIpc) is 3.19.